The Morgan fingerprint density at radius 1 is 0.923 bits per heavy atom. The van der Waals surface area contributed by atoms with Crippen molar-refractivity contribution in [2.45, 2.75) is 27.3 Å². The molecule has 0 aliphatic carbocycles. The number of rotatable bonds is 5. The zero-order valence-electron chi connectivity index (χ0n) is 15.2. The molecule has 0 atom stereocenters. The van der Waals surface area contributed by atoms with Crippen LogP contribution in [0.3, 0.4) is 0 Å². The van der Waals surface area contributed by atoms with E-state index in [0.29, 0.717) is 18.2 Å². The number of para-hydroxylation sites is 1. The zero-order chi connectivity index (χ0) is 18.5. The van der Waals surface area contributed by atoms with E-state index in [1.54, 1.807) is 12.3 Å². The fourth-order valence-electron chi connectivity index (χ4n) is 2.74. The fourth-order valence-corrected chi connectivity index (χ4v) is 2.74. The lowest BCUT2D eigenvalue weighted by Gasteiger charge is -2.12. The summed E-state index contributed by atoms with van der Waals surface area (Å²) in [4.78, 5) is 21.1. The predicted molar refractivity (Wildman–Crippen MR) is 104 cm³/mol. The van der Waals surface area contributed by atoms with Gasteiger partial charge in [-0.3, -0.25) is 4.79 Å². The average Bonchev–Trinajstić information content (AvgIpc) is 2.64. The second-order valence-corrected chi connectivity index (χ2v) is 6.27. The van der Waals surface area contributed by atoms with Crippen LogP contribution in [0.25, 0.3) is 0 Å². The highest BCUT2D eigenvalue weighted by atomic mass is 16.1. The molecule has 0 saturated heterocycles. The summed E-state index contributed by atoms with van der Waals surface area (Å²) in [5, 5.41) is 6.13. The Morgan fingerprint density at radius 3 is 2.35 bits per heavy atom. The SMILES string of the molecule is Cc1ccccc1CNc1nccc(C(=O)Nc2c(C)cccc2C)n1. The van der Waals surface area contributed by atoms with Gasteiger partial charge in [-0.2, -0.15) is 0 Å². The maximum absolute atomic E-state index is 12.6. The minimum Gasteiger partial charge on any atom is -0.350 e. The van der Waals surface area contributed by atoms with Crippen LogP contribution in [0.15, 0.2) is 54.7 Å². The van der Waals surface area contributed by atoms with Crippen LogP contribution in [0.2, 0.25) is 0 Å². The number of benzene rings is 2. The third kappa shape index (κ3) is 4.06. The van der Waals surface area contributed by atoms with Crippen LogP contribution in [-0.4, -0.2) is 15.9 Å². The molecule has 0 radical (unpaired) electrons. The van der Waals surface area contributed by atoms with Crippen molar-refractivity contribution in [3.05, 3.63) is 82.7 Å². The number of carbonyl (C=O) groups excluding carboxylic acids is 1. The van der Waals surface area contributed by atoms with Gasteiger partial charge < -0.3 is 10.6 Å². The molecule has 1 amide bonds. The van der Waals surface area contributed by atoms with Crippen molar-refractivity contribution in [1.29, 1.82) is 0 Å². The standard InChI is InChI=1S/C21H22N4O/c1-14-7-4-5-10-17(14)13-23-21-22-12-11-18(24-21)20(26)25-19-15(2)8-6-9-16(19)3/h4-12H,13H2,1-3H3,(H,25,26)(H,22,23,24). The molecule has 0 unspecified atom stereocenters. The third-order valence-corrected chi connectivity index (χ3v) is 4.31. The number of nitrogens with one attached hydrogen (secondary N) is 2. The van der Waals surface area contributed by atoms with Gasteiger partial charge in [-0.15, -0.1) is 0 Å². The number of anilines is 2. The molecule has 26 heavy (non-hydrogen) atoms. The van der Waals surface area contributed by atoms with E-state index in [2.05, 4.69) is 39.7 Å². The summed E-state index contributed by atoms with van der Waals surface area (Å²) in [7, 11) is 0. The molecule has 1 aromatic heterocycles. The molecule has 0 fully saturated rings. The van der Waals surface area contributed by atoms with E-state index in [0.717, 1.165) is 16.8 Å². The first-order valence-electron chi connectivity index (χ1n) is 8.53. The van der Waals surface area contributed by atoms with Crippen LogP contribution in [-0.2, 0) is 6.54 Å². The molecule has 132 valence electrons. The molecule has 0 spiro atoms. The van der Waals surface area contributed by atoms with E-state index in [1.165, 1.54) is 11.1 Å². The Kier molecular flexibility index (Phi) is 5.27. The Morgan fingerprint density at radius 2 is 1.62 bits per heavy atom. The quantitative estimate of drug-likeness (QED) is 0.724. The summed E-state index contributed by atoms with van der Waals surface area (Å²) >= 11 is 0. The summed E-state index contributed by atoms with van der Waals surface area (Å²) in [5.74, 6) is 0.186. The van der Waals surface area contributed by atoms with Gasteiger partial charge >= 0.3 is 0 Å². The average molecular weight is 346 g/mol. The monoisotopic (exact) mass is 346 g/mol. The molecule has 0 aliphatic heterocycles. The summed E-state index contributed by atoms with van der Waals surface area (Å²) in [6, 6.07) is 15.6. The number of amides is 1. The molecular weight excluding hydrogens is 324 g/mol. The van der Waals surface area contributed by atoms with Gasteiger partial charge in [0.05, 0.1) is 0 Å². The highest BCUT2D eigenvalue weighted by molar-refractivity contribution is 6.03. The number of carbonyl (C=O) groups is 1. The van der Waals surface area contributed by atoms with Crippen LogP contribution in [0.5, 0.6) is 0 Å². The van der Waals surface area contributed by atoms with Crippen LogP contribution >= 0.6 is 0 Å². The van der Waals surface area contributed by atoms with Crippen molar-refractivity contribution in [3.8, 4) is 0 Å². The van der Waals surface area contributed by atoms with E-state index in [4.69, 9.17) is 0 Å². The van der Waals surface area contributed by atoms with Crippen LogP contribution < -0.4 is 10.6 Å². The number of aromatic nitrogens is 2. The van der Waals surface area contributed by atoms with E-state index in [1.807, 2.05) is 44.2 Å². The molecule has 5 heteroatoms. The molecule has 0 aliphatic rings. The lowest BCUT2D eigenvalue weighted by molar-refractivity contribution is 0.102. The van der Waals surface area contributed by atoms with Crippen LogP contribution in [0.4, 0.5) is 11.6 Å². The topological polar surface area (TPSA) is 66.9 Å². The lowest BCUT2D eigenvalue weighted by Crippen LogP contribution is -2.16. The summed E-state index contributed by atoms with van der Waals surface area (Å²) in [6.07, 6.45) is 1.59. The van der Waals surface area contributed by atoms with Gasteiger partial charge in [0, 0.05) is 18.4 Å². The number of nitrogens with zero attached hydrogens (tertiary/aromatic N) is 2. The second-order valence-electron chi connectivity index (χ2n) is 6.27. The summed E-state index contributed by atoms with van der Waals surface area (Å²) in [6.45, 7) is 6.61. The smallest absolute Gasteiger partial charge is 0.274 e. The molecular formula is C21H22N4O. The van der Waals surface area contributed by atoms with Gasteiger partial charge in [0.25, 0.3) is 5.91 Å². The van der Waals surface area contributed by atoms with Crippen LogP contribution in [0, 0.1) is 20.8 Å². The predicted octanol–water partition coefficient (Wildman–Crippen LogP) is 4.27. The molecule has 1 heterocycles. The molecule has 3 rings (SSSR count). The van der Waals surface area contributed by atoms with Gasteiger partial charge in [-0.25, -0.2) is 9.97 Å². The van der Waals surface area contributed by atoms with Crippen LogP contribution in [0.1, 0.15) is 32.7 Å². The maximum atomic E-state index is 12.6. The third-order valence-electron chi connectivity index (χ3n) is 4.31. The zero-order valence-corrected chi connectivity index (χ0v) is 15.2. The first kappa shape index (κ1) is 17.6. The van der Waals surface area contributed by atoms with Crippen molar-refractivity contribution >= 4 is 17.5 Å². The Balaban J connectivity index is 1.72. The Hall–Kier alpha value is -3.21. The number of aryl methyl sites for hydroxylation is 3. The highest BCUT2D eigenvalue weighted by Gasteiger charge is 2.12. The highest BCUT2D eigenvalue weighted by Crippen LogP contribution is 2.20. The van der Waals surface area contributed by atoms with Crippen molar-refractivity contribution in [2.24, 2.45) is 0 Å². The van der Waals surface area contributed by atoms with E-state index in [9.17, 15) is 4.79 Å². The molecule has 2 N–H and O–H groups in total. The summed E-state index contributed by atoms with van der Waals surface area (Å²) in [5.41, 5.74) is 5.56. The minimum absolute atomic E-state index is 0.247. The van der Waals surface area contributed by atoms with Gasteiger partial charge in [-0.1, -0.05) is 42.5 Å². The Labute approximate surface area is 153 Å². The lowest BCUT2D eigenvalue weighted by atomic mass is 10.1. The first-order valence-corrected chi connectivity index (χ1v) is 8.53. The van der Waals surface area contributed by atoms with Gasteiger partial charge in [0.2, 0.25) is 5.95 Å². The van der Waals surface area contributed by atoms with E-state index < -0.39 is 0 Å². The van der Waals surface area contributed by atoms with Crippen molar-refractivity contribution in [2.75, 3.05) is 10.6 Å². The normalized spacial score (nSPS) is 10.4. The van der Waals surface area contributed by atoms with Gasteiger partial charge in [-0.05, 0) is 49.1 Å². The molecule has 0 saturated carbocycles. The van der Waals surface area contributed by atoms with Crippen molar-refractivity contribution < 1.29 is 4.79 Å². The largest absolute Gasteiger partial charge is 0.350 e. The van der Waals surface area contributed by atoms with Crippen molar-refractivity contribution in [3.63, 3.8) is 0 Å². The van der Waals surface area contributed by atoms with E-state index >= 15 is 0 Å². The maximum Gasteiger partial charge on any atom is 0.274 e. The minimum atomic E-state index is -0.247. The fraction of sp³-hybridized carbons (Fsp3) is 0.190. The number of hydrogen-bond acceptors (Lipinski definition) is 4. The Bertz CT molecular complexity index is 917. The first-order chi connectivity index (χ1) is 12.5. The molecule has 0 bridgehead atoms. The van der Waals surface area contributed by atoms with E-state index in [-0.39, 0.29) is 5.91 Å². The van der Waals surface area contributed by atoms with Crippen molar-refractivity contribution in [1.82, 2.24) is 9.97 Å². The number of hydrogen-bond donors (Lipinski definition) is 2. The molecule has 3 aromatic rings. The summed E-state index contributed by atoms with van der Waals surface area (Å²) < 4.78 is 0. The second kappa shape index (κ2) is 7.78. The molecule has 5 nitrogen and oxygen atoms in total. The molecule has 2 aromatic carbocycles. The van der Waals surface area contributed by atoms with Gasteiger partial charge in [0.15, 0.2) is 0 Å². The van der Waals surface area contributed by atoms with Gasteiger partial charge in [0.1, 0.15) is 5.69 Å².